The lowest BCUT2D eigenvalue weighted by Crippen LogP contribution is -2.43. The average Bonchev–Trinajstić information content (AvgIpc) is 2.72. The van der Waals surface area contributed by atoms with Gasteiger partial charge in [-0.25, -0.2) is 8.78 Å². The highest BCUT2D eigenvalue weighted by atomic mass is 32.2. The molecule has 0 radical (unpaired) electrons. The van der Waals surface area contributed by atoms with Crippen LogP contribution in [0.3, 0.4) is 0 Å². The third kappa shape index (κ3) is 8.48. The molecule has 31 heavy (non-hydrogen) atoms. The molecule has 1 aliphatic carbocycles. The summed E-state index contributed by atoms with van der Waals surface area (Å²) in [7, 11) is -0.366. The second kappa shape index (κ2) is 12.5. The van der Waals surface area contributed by atoms with Gasteiger partial charge in [-0.1, -0.05) is 6.08 Å². The van der Waals surface area contributed by atoms with E-state index in [0.717, 1.165) is 63.9 Å². The second-order valence-electron chi connectivity index (χ2n) is 8.16. The molecular formula is C22H35F2N3O3S. The first-order valence-electron chi connectivity index (χ1n) is 10.8. The minimum absolute atomic E-state index is 0.151. The fourth-order valence-corrected chi connectivity index (χ4v) is 4.97. The first-order chi connectivity index (χ1) is 14.7. The van der Waals surface area contributed by atoms with Gasteiger partial charge in [-0.15, -0.1) is 6.58 Å². The number of halogens is 2. The van der Waals surface area contributed by atoms with Gasteiger partial charge in [-0.2, -0.15) is 12.7 Å². The second-order valence-corrected chi connectivity index (χ2v) is 9.89. The lowest BCUT2D eigenvalue weighted by atomic mass is 9.93. The van der Waals surface area contributed by atoms with E-state index in [2.05, 4.69) is 23.2 Å². The fourth-order valence-electron chi connectivity index (χ4n) is 3.78. The molecule has 9 heteroatoms. The molecule has 1 fully saturated rings. The molecule has 1 saturated carbocycles. The fraction of sp³-hybridized carbons (Fsp3) is 0.636. The minimum Gasteiger partial charge on any atom is -0.378 e. The predicted molar refractivity (Wildman–Crippen MR) is 120 cm³/mol. The van der Waals surface area contributed by atoms with Crippen LogP contribution in [0, 0.1) is 11.6 Å². The van der Waals surface area contributed by atoms with Crippen LogP contribution in [0.25, 0.3) is 0 Å². The Labute approximate surface area is 185 Å². The number of nitrogens with zero attached hydrogens (tertiary/aromatic N) is 2. The van der Waals surface area contributed by atoms with Crippen molar-refractivity contribution < 1.29 is 21.9 Å². The zero-order chi connectivity index (χ0) is 22.9. The molecule has 0 heterocycles. The van der Waals surface area contributed by atoms with Gasteiger partial charge in [0.05, 0.1) is 11.8 Å². The van der Waals surface area contributed by atoms with E-state index in [1.54, 1.807) is 0 Å². The minimum atomic E-state index is -3.93. The maximum atomic E-state index is 13.8. The maximum Gasteiger partial charge on any atom is 0.301 e. The number of benzene rings is 1. The van der Waals surface area contributed by atoms with Crippen molar-refractivity contribution in [1.82, 2.24) is 9.21 Å². The van der Waals surface area contributed by atoms with E-state index >= 15 is 0 Å². The van der Waals surface area contributed by atoms with Crippen molar-refractivity contribution in [3.05, 3.63) is 42.5 Å². The van der Waals surface area contributed by atoms with Crippen LogP contribution >= 0.6 is 0 Å². The highest BCUT2D eigenvalue weighted by molar-refractivity contribution is 7.90. The molecule has 1 aromatic rings. The third-order valence-electron chi connectivity index (χ3n) is 5.69. The van der Waals surface area contributed by atoms with Crippen LogP contribution in [-0.2, 0) is 14.9 Å². The Bertz CT molecular complexity index is 799. The summed E-state index contributed by atoms with van der Waals surface area (Å²) in [5.41, 5.74) is -0.263. The van der Waals surface area contributed by atoms with E-state index in [9.17, 15) is 17.2 Å². The number of rotatable bonds is 13. The number of unbranched alkanes of at least 4 members (excludes halogenated alkanes) is 2. The van der Waals surface area contributed by atoms with Crippen LogP contribution in [0.15, 0.2) is 30.9 Å². The molecule has 1 N–H and O–H groups in total. The van der Waals surface area contributed by atoms with Crippen molar-refractivity contribution in [2.75, 3.05) is 38.5 Å². The summed E-state index contributed by atoms with van der Waals surface area (Å²) in [6, 6.07) is 2.57. The quantitative estimate of drug-likeness (QED) is 0.355. The van der Waals surface area contributed by atoms with Gasteiger partial charge < -0.3 is 9.64 Å². The molecule has 0 saturated heterocycles. The third-order valence-corrected chi connectivity index (χ3v) is 7.22. The van der Waals surface area contributed by atoms with Crippen molar-refractivity contribution in [2.45, 2.75) is 57.1 Å². The molecule has 0 bridgehead atoms. The number of hydrogen-bond acceptors (Lipinski definition) is 4. The largest absolute Gasteiger partial charge is 0.378 e. The van der Waals surface area contributed by atoms with Crippen molar-refractivity contribution in [3.63, 3.8) is 0 Å². The van der Waals surface area contributed by atoms with E-state index in [-0.39, 0.29) is 17.8 Å². The van der Waals surface area contributed by atoms with Crippen LogP contribution in [0.2, 0.25) is 0 Å². The molecule has 0 spiro atoms. The Balaban J connectivity index is 1.69. The molecule has 6 nitrogen and oxygen atoms in total. The van der Waals surface area contributed by atoms with Gasteiger partial charge in [0.25, 0.3) is 0 Å². The summed E-state index contributed by atoms with van der Waals surface area (Å²) in [6.07, 6.45) is 8.25. The highest BCUT2D eigenvalue weighted by Gasteiger charge is 2.31. The Kier molecular flexibility index (Phi) is 10.3. The summed E-state index contributed by atoms with van der Waals surface area (Å²) in [4.78, 5) is 2.24. The van der Waals surface area contributed by atoms with Gasteiger partial charge in [0.2, 0.25) is 0 Å². The van der Waals surface area contributed by atoms with Gasteiger partial charge in [0.15, 0.2) is 0 Å². The predicted octanol–water partition coefficient (Wildman–Crippen LogP) is 4.17. The highest BCUT2D eigenvalue weighted by Crippen LogP contribution is 2.27. The summed E-state index contributed by atoms with van der Waals surface area (Å²) >= 11 is 0. The normalized spacial score (nSPS) is 19.7. The number of ether oxygens (including phenoxy) is 1. The molecule has 1 aromatic carbocycles. The summed E-state index contributed by atoms with van der Waals surface area (Å²) in [6.45, 7) is 6.41. The Morgan fingerprint density at radius 2 is 1.87 bits per heavy atom. The SMILES string of the molecule is C=CCN(C)CCCCCOC1CCC(N(C)S(=O)(=O)Nc2ccc(F)cc2F)CC1. The van der Waals surface area contributed by atoms with E-state index in [0.29, 0.717) is 18.9 Å². The first-order valence-corrected chi connectivity index (χ1v) is 12.3. The van der Waals surface area contributed by atoms with Crippen LogP contribution in [0.5, 0.6) is 0 Å². The molecule has 2 rings (SSSR count). The van der Waals surface area contributed by atoms with Crippen LogP contribution in [0.1, 0.15) is 44.9 Å². The monoisotopic (exact) mass is 459 g/mol. The summed E-state index contributed by atoms with van der Waals surface area (Å²) in [5.74, 6) is -1.70. The van der Waals surface area contributed by atoms with Crippen molar-refractivity contribution >= 4 is 15.9 Å². The summed E-state index contributed by atoms with van der Waals surface area (Å²) in [5, 5.41) is 0. The summed E-state index contributed by atoms with van der Waals surface area (Å²) < 4.78 is 61.4. The van der Waals surface area contributed by atoms with Gasteiger partial charge in [0.1, 0.15) is 11.6 Å². The lowest BCUT2D eigenvalue weighted by molar-refractivity contribution is 0.0156. The van der Waals surface area contributed by atoms with Gasteiger partial charge in [0, 0.05) is 32.3 Å². The Morgan fingerprint density at radius 1 is 1.16 bits per heavy atom. The zero-order valence-corrected chi connectivity index (χ0v) is 19.3. The Morgan fingerprint density at radius 3 is 2.52 bits per heavy atom. The standard InChI is InChI=1S/C22H35F2N3O3S/c1-4-14-26(2)15-6-5-7-16-30-20-11-9-19(10-12-20)27(3)31(28,29)25-22-13-8-18(23)17-21(22)24/h4,8,13,17,19-20,25H,1,5-7,9-12,14-16H2,2-3H3. The molecule has 0 unspecified atom stereocenters. The molecule has 1 aliphatic rings. The number of nitrogens with one attached hydrogen (secondary N) is 1. The van der Waals surface area contributed by atoms with Crippen LogP contribution in [-0.4, -0.2) is 63.6 Å². The number of hydrogen-bond donors (Lipinski definition) is 1. The first kappa shape index (κ1) is 25.7. The van der Waals surface area contributed by atoms with Crippen LogP contribution < -0.4 is 4.72 Å². The number of likely N-dealkylation sites (N-methyl/N-ethyl adjacent to an activating group) is 1. The Hall–Kier alpha value is -1.55. The van der Waals surface area contributed by atoms with Gasteiger partial charge >= 0.3 is 10.2 Å². The lowest BCUT2D eigenvalue weighted by Gasteiger charge is -2.34. The molecule has 0 aliphatic heterocycles. The van der Waals surface area contributed by atoms with E-state index in [1.807, 2.05) is 6.08 Å². The maximum absolute atomic E-state index is 13.8. The molecule has 0 amide bonds. The van der Waals surface area contributed by atoms with Crippen molar-refractivity contribution in [2.24, 2.45) is 0 Å². The van der Waals surface area contributed by atoms with Gasteiger partial charge in [-0.05, 0) is 70.7 Å². The van der Waals surface area contributed by atoms with Gasteiger partial charge in [-0.3, -0.25) is 4.72 Å². The number of anilines is 1. The average molecular weight is 460 g/mol. The van der Waals surface area contributed by atoms with E-state index < -0.39 is 21.8 Å². The topological polar surface area (TPSA) is 61.9 Å². The van der Waals surface area contributed by atoms with Crippen molar-refractivity contribution in [3.8, 4) is 0 Å². The molecule has 176 valence electrons. The van der Waals surface area contributed by atoms with Crippen LogP contribution in [0.4, 0.5) is 14.5 Å². The zero-order valence-electron chi connectivity index (χ0n) is 18.5. The smallest absolute Gasteiger partial charge is 0.301 e. The molecule has 0 atom stereocenters. The van der Waals surface area contributed by atoms with Crippen molar-refractivity contribution in [1.29, 1.82) is 0 Å². The van der Waals surface area contributed by atoms with E-state index in [1.165, 1.54) is 11.4 Å². The van der Waals surface area contributed by atoms with E-state index in [4.69, 9.17) is 4.74 Å². The molecule has 0 aromatic heterocycles. The molecular weight excluding hydrogens is 424 g/mol.